The Kier molecular flexibility index (Phi) is 3.96. The van der Waals surface area contributed by atoms with E-state index in [4.69, 9.17) is 4.74 Å². The van der Waals surface area contributed by atoms with E-state index in [9.17, 15) is 9.90 Å². The number of rotatable bonds is 3. The molecule has 15 heavy (non-hydrogen) atoms. The minimum absolute atomic E-state index is 0.0821. The summed E-state index contributed by atoms with van der Waals surface area (Å²) < 4.78 is 4.83. The minimum Gasteiger partial charge on any atom is -0.504 e. The van der Waals surface area contributed by atoms with Crippen molar-refractivity contribution < 1.29 is 14.6 Å². The zero-order chi connectivity index (χ0) is 11.6. The van der Waals surface area contributed by atoms with Crippen LogP contribution in [0.25, 0.3) is 0 Å². The van der Waals surface area contributed by atoms with Crippen molar-refractivity contribution in [3.05, 3.63) is 23.3 Å². The van der Waals surface area contributed by atoms with Crippen LogP contribution in [0.15, 0.2) is 12.1 Å². The van der Waals surface area contributed by atoms with Gasteiger partial charge >= 0.3 is 0 Å². The summed E-state index contributed by atoms with van der Waals surface area (Å²) in [4.78, 5) is 11.3. The molecule has 4 heteroatoms. The van der Waals surface area contributed by atoms with E-state index in [1.54, 1.807) is 34.7 Å². The number of carbonyl (C=O) groups is 1. The zero-order valence-corrected chi connectivity index (χ0v) is 11.0. The number of phenols is 1. The first kappa shape index (κ1) is 12.3. The van der Waals surface area contributed by atoms with E-state index in [-0.39, 0.29) is 15.5 Å². The van der Waals surface area contributed by atoms with E-state index >= 15 is 0 Å². The van der Waals surface area contributed by atoms with Crippen LogP contribution in [0.3, 0.4) is 0 Å². The number of methoxy groups -OCH3 is 1. The van der Waals surface area contributed by atoms with Gasteiger partial charge < -0.3 is 9.84 Å². The highest BCUT2D eigenvalue weighted by Crippen LogP contribution is 2.34. The molecule has 0 atom stereocenters. The lowest BCUT2D eigenvalue weighted by molar-refractivity contribution is 0.110. The molecule has 0 bridgehead atoms. The fourth-order valence-corrected chi connectivity index (χ4v) is 1.68. The number of carbonyl (C=O) groups excluding carboxylic acids is 1. The summed E-state index contributed by atoms with van der Waals surface area (Å²) in [6.45, 7) is 4.04. The third-order valence-electron chi connectivity index (χ3n) is 2.20. The van der Waals surface area contributed by atoms with Gasteiger partial charge in [0.2, 0.25) is 3.79 Å². The van der Waals surface area contributed by atoms with Gasteiger partial charge in [0, 0.05) is 22.6 Å². The molecular weight excluding hydrogens is 307 g/mol. The van der Waals surface area contributed by atoms with Crippen molar-refractivity contribution in [2.45, 2.75) is 19.8 Å². The Labute approximate surface area is 103 Å². The van der Waals surface area contributed by atoms with Gasteiger partial charge in [0.05, 0.1) is 12.7 Å². The summed E-state index contributed by atoms with van der Waals surface area (Å²) in [5.74, 6) is 0.552. The van der Waals surface area contributed by atoms with Gasteiger partial charge in [0.15, 0.2) is 11.5 Å². The lowest BCUT2D eigenvalue weighted by Gasteiger charge is -2.12. The Hall–Kier alpha value is -0.780. The predicted molar refractivity (Wildman–Crippen MR) is 67.1 cm³/mol. The summed E-state index contributed by atoms with van der Waals surface area (Å²) in [5, 5.41) is 9.71. The molecule has 1 N–H and O–H groups in total. The summed E-state index contributed by atoms with van der Waals surface area (Å²) >= 11 is 1.65. The molecule has 82 valence electrons. The van der Waals surface area contributed by atoms with Gasteiger partial charge in [-0.25, -0.2) is 0 Å². The van der Waals surface area contributed by atoms with Gasteiger partial charge in [-0.3, -0.25) is 4.79 Å². The number of hydrogen-bond acceptors (Lipinski definition) is 3. The summed E-state index contributed by atoms with van der Waals surface area (Å²) in [6, 6.07) is 3.46. The van der Waals surface area contributed by atoms with Crippen LogP contribution < -0.4 is 4.74 Å². The maximum Gasteiger partial charge on any atom is 0.226 e. The van der Waals surface area contributed by atoms with Crippen LogP contribution in [-0.4, -0.2) is 16.0 Å². The Morgan fingerprint density at radius 1 is 1.47 bits per heavy atom. The Morgan fingerprint density at radius 2 is 2.07 bits per heavy atom. The summed E-state index contributed by atoms with van der Waals surface area (Å²) in [5.41, 5.74) is 1.28. The van der Waals surface area contributed by atoms with Gasteiger partial charge in [0.25, 0.3) is 0 Å². The highest BCUT2D eigenvalue weighted by Gasteiger charge is 2.15. The standard InChI is InChI=1S/C11H13IO3/c1-6(2)7-4-8(11(12)14)10(13)9(5-7)15-3/h4-6,13H,1-3H3. The smallest absolute Gasteiger partial charge is 0.226 e. The Bertz CT molecular complexity index is 386. The highest BCUT2D eigenvalue weighted by molar-refractivity contribution is 14.1. The zero-order valence-electron chi connectivity index (χ0n) is 8.87. The molecule has 0 radical (unpaired) electrons. The van der Waals surface area contributed by atoms with Crippen molar-refractivity contribution in [3.63, 3.8) is 0 Å². The molecule has 0 fully saturated rings. The van der Waals surface area contributed by atoms with Crippen LogP contribution in [0.4, 0.5) is 0 Å². The van der Waals surface area contributed by atoms with E-state index in [0.29, 0.717) is 11.3 Å². The second-order valence-electron chi connectivity index (χ2n) is 3.55. The van der Waals surface area contributed by atoms with Crippen molar-refractivity contribution in [2.24, 2.45) is 0 Å². The number of benzene rings is 1. The van der Waals surface area contributed by atoms with Crippen LogP contribution in [-0.2, 0) is 0 Å². The molecular formula is C11H13IO3. The average Bonchev–Trinajstić information content (AvgIpc) is 2.17. The third-order valence-corrected chi connectivity index (χ3v) is 2.78. The molecule has 0 saturated carbocycles. The van der Waals surface area contributed by atoms with Crippen LogP contribution >= 0.6 is 22.6 Å². The number of hydrogen-bond donors (Lipinski definition) is 1. The van der Waals surface area contributed by atoms with E-state index in [2.05, 4.69) is 0 Å². The normalized spacial score (nSPS) is 10.5. The first-order chi connectivity index (χ1) is 6.97. The monoisotopic (exact) mass is 320 g/mol. The molecule has 0 aliphatic heterocycles. The Balaban J connectivity index is 3.38. The highest BCUT2D eigenvalue weighted by atomic mass is 127. The number of halogens is 1. The van der Waals surface area contributed by atoms with Crippen LogP contribution in [0.2, 0.25) is 0 Å². The van der Waals surface area contributed by atoms with Crippen LogP contribution in [0.5, 0.6) is 11.5 Å². The molecule has 1 aromatic carbocycles. The van der Waals surface area contributed by atoms with E-state index in [1.165, 1.54) is 7.11 Å². The summed E-state index contributed by atoms with van der Waals surface area (Å²) in [7, 11) is 1.47. The third kappa shape index (κ3) is 2.62. The average molecular weight is 320 g/mol. The Morgan fingerprint density at radius 3 is 2.47 bits per heavy atom. The first-order valence-corrected chi connectivity index (χ1v) is 5.66. The SMILES string of the molecule is COc1cc(C(C)C)cc(C(=O)I)c1O. The van der Waals surface area contributed by atoms with Crippen molar-refractivity contribution in [1.82, 2.24) is 0 Å². The molecule has 0 aliphatic carbocycles. The second kappa shape index (κ2) is 4.83. The molecule has 0 aromatic heterocycles. The maximum absolute atomic E-state index is 11.3. The van der Waals surface area contributed by atoms with Crippen molar-refractivity contribution in [3.8, 4) is 11.5 Å². The van der Waals surface area contributed by atoms with Crippen molar-refractivity contribution >= 4 is 26.4 Å². The second-order valence-corrected chi connectivity index (χ2v) is 4.53. The lowest BCUT2D eigenvalue weighted by atomic mass is 10.00. The molecule has 0 saturated heterocycles. The molecule has 3 nitrogen and oxygen atoms in total. The number of ether oxygens (including phenoxy) is 1. The predicted octanol–water partition coefficient (Wildman–Crippen LogP) is 3.10. The molecule has 0 aliphatic rings. The van der Waals surface area contributed by atoms with Gasteiger partial charge in [-0.05, 0) is 23.6 Å². The van der Waals surface area contributed by atoms with E-state index < -0.39 is 0 Å². The maximum atomic E-state index is 11.3. The largest absolute Gasteiger partial charge is 0.504 e. The molecule has 0 heterocycles. The molecule has 0 unspecified atom stereocenters. The fourth-order valence-electron chi connectivity index (χ4n) is 1.27. The minimum atomic E-state index is -0.189. The molecule has 1 aromatic rings. The van der Waals surface area contributed by atoms with Crippen molar-refractivity contribution in [2.75, 3.05) is 7.11 Å². The van der Waals surface area contributed by atoms with Gasteiger partial charge in [0.1, 0.15) is 0 Å². The van der Waals surface area contributed by atoms with Gasteiger partial charge in [-0.2, -0.15) is 0 Å². The van der Waals surface area contributed by atoms with Crippen LogP contribution in [0.1, 0.15) is 35.7 Å². The van der Waals surface area contributed by atoms with Crippen molar-refractivity contribution in [1.29, 1.82) is 0 Å². The lowest BCUT2D eigenvalue weighted by Crippen LogP contribution is -1.97. The number of aromatic hydroxyl groups is 1. The van der Waals surface area contributed by atoms with E-state index in [0.717, 1.165) is 5.56 Å². The quantitative estimate of drug-likeness (QED) is 0.688. The fraction of sp³-hybridized carbons (Fsp3) is 0.364. The first-order valence-electron chi connectivity index (χ1n) is 4.58. The van der Waals surface area contributed by atoms with E-state index in [1.807, 2.05) is 13.8 Å². The molecule has 0 spiro atoms. The molecule has 0 amide bonds. The summed E-state index contributed by atoms with van der Waals surface area (Å²) in [6.07, 6.45) is 0. The number of phenolic OH excluding ortho intramolecular Hbond substituents is 1. The van der Waals surface area contributed by atoms with Crippen LogP contribution in [0, 0.1) is 0 Å². The topological polar surface area (TPSA) is 46.5 Å². The van der Waals surface area contributed by atoms with Gasteiger partial charge in [-0.15, -0.1) is 0 Å². The van der Waals surface area contributed by atoms with Gasteiger partial charge in [-0.1, -0.05) is 13.8 Å². The molecule has 1 rings (SSSR count).